The summed E-state index contributed by atoms with van der Waals surface area (Å²) < 4.78 is 5.39. The lowest BCUT2D eigenvalue weighted by atomic mass is 9.96. The fourth-order valence-corrected chi connectivity index (χ4v) is 3.67. The molecule has 0 saturated carbocycles. The van der Waals surface area contributed by atoms with Crippen molar-refractivity contribution in [2.45, 2.75) is 52.6 Å². The molecule has 1 aliphatic heterocycles. The predicted octanol–water partition coefficient (Wildman–Crippen LogP) is 4.43. The molecular weight excluding hydrogens is 392 g/mol. The molecule has 0 spiro atoms. The van der Waals surface area contributed by atoms with Gasteiger partial charge in [0.25, 0.3) is 5.91 Å². The van der Waals surface area contributed by atoms with Crippen molar-refractivity contribution in [2.75, 3.05) is 16.8 Å². The van der Waals surface area contributed by atoms with Crippen LogP contribution < -0.4 is 10.2 Å². The van der Waals surface area contributed by atoms with Gasteiger partial charge in [-0.25, -0.2) is 0 Å². The van der Waals surface area contributed by atoms with Crippen molar-refractivity contribution in [3.63, 3.8) is 0 Å². The first-order valence-corrected chi connectivity index (χ1v) is 10.8. The number of carbonyl (C=O) groups excluding carboxylic acids is 3. The quantitative estimate of drug-likeness (QED) is 0.670. The van der Waals surface area contributed by atoms with E-state index in [1.165, 1.54) is 6.92 Å². The number of amides is 2. The fourth-order valence-electron chi connectivity index (χ4n) is 3.67. The number of hydrogen-bond donors (Lipinski definition) is 1. The Bertz CT molecular complexity index is 954. The standard InChI is InChI=1S/C25H30N2O4/c1-5-17(3)21-8-6-7-9-22(21)27-15-19(14-23(27)28)25(30)31-18(4)24(29)26-20-12-10-16(2)11-13-20/h6-13,17-19H,5,14-15H2,1-4H3,(H,26,29)/t17-,18+,19-/m1/s1. The first-order valence-electron chi connectivity index (χ1n) is 10.8. The predicted molar refractivity (Wildman–Crippen MR) is 121 cm³/mol. The van der Waals surface area contributed by atoms with E-state index in [-0.39, 0.29) is 18.9 Å². The zero-order valence-electron chi connectivity index (χ0n) is 18.6. The maximum absolute atomic E-state index is 12.7. The average molecular weight is 423 g/mol. The average Bonchev–Trinajstić information content (AvgIpc) is 3.16. The molecule has 3 atom stereocenters. The second-order valence-electron chi connectivity index (χ2n) is 8.21. The monoisotopic (exact) mass is 422 g/mol. The van der Waals surface area contributed by atoms with Gasteiger partial charge in [0, 0.05) is 24.3 Å². The van der Waals surface area contributed by atoms with Crippen molar-refractivity contribution in [3.05, 3.63) is 59.7 Å². The van der Waals surface area contributed by atoms with Gasteiger partial charge in [-0.1, -0.05) is 49.7 Å². The zero-order chi connectivity index (χ0) is 22.5. The number of anilines is 2. The number of nitrogens with one attached hydrogen (secondary N) is 1. The molecule has 1 fully saturated rings. The molecule has 2 amide bonds. The largest absolute Gasteiger partial charge is 0.452 e. The highest BCUT2D eigenvalue weighted by atomic mass is 16.5. The third-order valence-electron chi connectivity index (χ3n) is 5.81. The normalized spacial score (nSPS) is 17.9. The van der Waals surface area contributed by atoms with E-state index >= 15 is 0 Å². The molecule has 6 nitrogen and oxygen atoms in total. The first-order chi connectivity index (χ1) is 14.8. The Morgan fingerprint density at radius 2 is 1.81 bits per heavy atom. The Hall–Kier alpha value is -3.15. The van der Waals surface area contributed by atoms with Crippen molar-refractivity contribution < 1.29 is 19.1 Å². The maximum Gasteiger partial charge on any atom is 0.312 e. The summed E-state index contributed by atoms with van der Waals surface area (Å²) in [5.41, 5.74) is 3.67. The minimum Gasteiger partial charge on any atom is -0.452 e. The van der Waals surface area contributed by atoms with Crippen molar-refractivity contribution >= 4 is 29.2 Å². The molecule has 1 heterocycles. The van der Waals surface area contributed by atoms with Gasteiger partial charge in [0.1, 0.15) is 0 Å². The van der Waals surface area contributed by atoms with Crippen LogP contribution in [-0.4, -0.2) is 30.4 Å². The minimum absolute atomic E-state index is 0.0833. The van der Waals surface area contributed by atoms with Gasteiger partial charge in [0.05, 0.1) is 5.92 Å². The van der Waals surface area contributed by atoms with Gasteiger partial charge in [-0.15, -0.1) is 0 Å². The maximum atomic E-state index is 12.7. The SMILES string of the molecule is CC[C@@H](C)c1ccccc1N1C[C@H](C(=O)O[C@@H](C)C(=O)Nc2ccc(C)cc2)CC1=O. The number of esters is 1. The van der Waals surface area contributed by atoms with Gasteiger partial charge in [-0.2, -0.15) is 0 Å². The lowest BCUT2D eigenvalue weighted by Crippen LogP contribution is -2.33. The third-order valence-corrected chi connectivity index (χ3v) is 5.81. The summed E-state index contributed by atoms with van der Waals surface area (Å²) in [6.07, 6.45) is 0.0864. The number of benzene rings is 2. The van der Waals surface area contributed by atoms with Crippen molar-refractivity contribution in [1.29, 1.82) is 0 Å². The van der Waals surface area contributed by atoms with Gasteiger partial charge in [0.2, 0.25) is 5.91 Å². The number of hydrogen-bond acceptors (Lipinski definition) is 4. The lowest BCUT2D eigenvalue weighted by Gasteiger charge is -2.23. The molecule has 1 N–H and O–H groups in total. The summed E-state index contributed by atoms with van der Waals surface area (Å²) in [6, 6.07) is 15.2. The van der Waals surface area contributed by atoms with Crippen LogP contribution >= 0.6 is 0 Å². The van der Waals surface area contributed by atoms with Crippen LogP contribution in [0.3, 0.4) is 0 Å². The molecular formula is C25H30N2O4. The van der Waals surface area contributed by atoms with Crippen LogP contribution in [0.25, 0.3) is 0 Å². The van der Waals surface area contributed by atoms with Crippen LogP contribution in [0.2, 0.25) is 0 Å². The van der Waals surface area contributed by atoms with Crippen LogP contribution in [0, 0.1) is 12.8 Å². The van der Waals surface area contributed by atoms with Crippen molar-refractivity contribution in [2.24, 2.45) is 5.92 Å². The number of carbonyl (C=O) groups is 3. The smallest absolute Gasteiger partial charge is 0.312 e. The molecule has 1 aliphatic rings. The van der Waals surface area contributed by atoms with E-state index in [0.29, 0.717) is 11.6 Å². The molecule has 1 saturated heterocycles. The van der Waals surface area contributed by atoms with E-state index in [4.69, 9.17) is 4.74 Å². The van der Waals surface area contributed by atoms with Gasteiger partial charge in [-0.3, -0.25) is 14.4 Å². The summed E-state index contributed by atoms with van der Waals surface area (Å²) in [5, 5.41) is 2.74. The number of rotatable bonds is 7. The van der Waals surface area contributed by atoms with E-state index in [2.05, 4.69) is 19.2 Å². The molecule has 31 heavy (non-hydrogen) atoms. The highest BCUT2D eigenvalue weighted by Crippen LogP contribution is 2.33. The first kappa shape index (κ1) is 22.5. The summed E-state index contributed by atoms with van der Waals surface area (Å²) in [7, 11) is 0. The van der Waals surface area contributed by atoms with Crippen molar-refractivity contribution in [3.8, 4) is 0 Å². The molecule has 0 unspecified atom stereocenters. The zero-order valence-corrected chi connectivity index (χ0v) is 18.6. The van der Waals surface area contributed by atoms with Crippen molar-refractivity contribution in [1.82, 2.24) is 0 Å². The van der Waals surface area contributed by atoms with E-state index < -0.39 is 23.9 Å². The van der Waals surface area contributed by atoms with Crippen LogP contribution in [0.5, 0.6) is 0 Å². The van der Waals surface area contributed by atoms with E-state index in [9.17, 15) is 14.4 Å². The van der Waals surface area contributed by atoms with E-state index in [1.807, 2.05) is 43.3 Å². The van der Waals surface area contributed by atoms with Gasteiger partial charge >= 0.3 is 5.97 Å². The number of nitrogens with zero attached hydrogens (tertiary/aromatic N) is 1. The van der Waals surface area contributed by atoms with Gasteiger partial charge < -0.3 is 15.0 Å². The second-order valence-corrected chi connectivity index (χ2v) is 8.21. The summed E-state index contributed by atoms with van der Waals surface area (Å²) >= 11 is 0. The minimum atomic E-state index is -0.953. The van der Waals surface area contributed by atoms with Crippen LogP contribution in [-0.2, 0) is 19.1 Å². The highest BCUT2D eigenvalue weighted by Gasteiger charge is 2.38. The Balaban J connectivity index is 1.62. The fraction of sp³-hybridized carbons (Fsp3) is 0.400. The Morgan fingerprint density at radius 3 is 2.48 bits per heavy atom. The van der Waals surface area contributed by atoms with Crippen LogP contribution in [0.15, 0.2) is 48.5 Å². The van der Waals surface area contributed by atoms with Gasteiger partial charge in [0.15, 0.2) is 6.10 Å². The van der Waals surface area contributed by atoms with Crippen LogP contribution in [0.4, 0.5) is 11.4 Å². The number of para-hydroxylation sites is 1. The van der Waals surface area contributed by atoms with Crippen LogP contribution in [0.1, 0.15) is 50.7 Å². The summed E-state index contributed by atoms with van der Waals surface area (Å²) in [4.78, 5) is 39.4. The topological polar surface area (TPSA) is 75.7 Å². The molecule has 0 radical (unpaired) electrons. The molecule has 6 heteroatoms. The molecule has 2 aromatic rings. The molecule has 0 aromatic heterocycles. The Kier molecular flexibility index (Phi) is 7.10. The molecule has 164 valence electrons. The van der Waals surface area contributed by atoms with Gasteiger partial charge in [-0.05, 0) is 49.9 Å². The molecule has 0 aliphatic carbocycles. The van der Waals surface area contributed by atoms with E-state index in [1.54, 1.807) is 17.0 Å². The highest BCUT2D eigenvalue weighted by molar-refractivity contribution is 6.01. The molecule has 3 rings (SSSR count). The molecule has 2 aromatic carbocycles. The summed E-state index contributed by atoms with van der Waals surface area (Å²) in [5.74, 6) is -1.31. The van der Waals surface area contributed by atoms with E-state index in [0.717, 1.165) is 23.2 Å². The number of ether oxygens (including phenoxy) is 1. The summed E-state index contributed by atoms with van der Waals surface area (Å²) in [6.45, 7) is 7.99. The molecule has 0 bridgehead atoms. The third kappa shape index (κ3) is 5.32. The number of aryl methyl sites for hydroxylation is 1. The second kappa shape index (κ2) is 9.77. The Labute approximate surface area is 183 Å². The lowest BCUT2D eigenvalue weighted by molar-refractivity contribution is -0.157. The Morgan fingerprint density at radius 1 is 1.13 bits per heavy atom.